The van der Waals surface area contributed by atoms with Gasteiger partial charge in [-0.2, -0.15) is 0 Å². The van der Waals surface area contributed by atoms with E-state index in [0.29, 0.717) is 17.1 Å². The molecule has 1 aliphatic rings. The van der Waals surface area contributed by atoms with Crippen LogP contribution >= 0.6 is 0 Å². The number of halogens is 1. The molecule has 0 bridgehead atoms. The molecule has 0 heterocycles. The van der Waals surface area contributed by atoms with Gasteiger partial charge in [-0.1, -0.05) is 19.1 Å². The van der Waals surface area contributed by atoms with Gasteiger partial charge in [-0.3, -0.25) is 0 Å². The molecule has 0 aromatic heterocycles. The Morgan fingerprint density at radius 2 is 2.00 bits per heavy atom. The lowest BCUT2D eigenvalue weighted by molar-refractivity contribution is 0.490. The number of benzene rings is 1. The summed E-state index contributed by atoms with van der Waals surface area (Å²) in [4.78, 5) is 0. The molecule has 1 N–H and O–H groups in total. The van der Waals surface area contributed by atoms with E-state index in [1.807, 2.05) is 6.07 Å². The van der Waals surface area contributed by atoms with Crippen LogP contribution in [-0.4, -0.2) is 6.04 Å². The fourth-order valence-corrected chi connectivity index (χ4v) is 1.62. The van der Waals surface area contributed by atoms with E-state index in [4.69, 9.17) is 0 Å². The monoisotopic (exact) mass is 193 g/mol. The summed E-state index contributed by atoms with van der Waals surface area (Å²) >= 11 is 0. The molecular weight excluding hydrogens is 177 g/mol. The van der Waals surface area contributed by atoms with E-state index < -0.39 is 0 Å². The standard InChI is InChI=1S/C12H16FN/c1-9(12(2)7-8-12)14-11-6-4-3-5-10(11)13/h3-6,9,14H,7-8H2,1-2H3. The van der Waals surface area contributed by atoms with Crippen LogP contribution in [0.15, 0.2) is 24.3 Å². The van der Waals surface area contributed by atoms with Gasteiger partial charge in [0.15, 0.2) is 0 Å². The quantitative estimate of drug-likeness (QED) is 0.775. The van der Waals surface area contributed by atoms with E-state index in [9.17, 15) is 4.39 Å². The van der Waals surface area contributed by atoms with Gasteiger partial charge >= 0.3 is 0 Å². The number of rotatable bonds is 3. The van der Waals surface area contributed by atoms with Crippen LogP contribution in [0.1, 0.15) is 26.7 Å². The summed E-state index contributed by atoms with van der Waals surface area (Å²) in [5.74, 6) is -0.163. The van der Waals surface area contributed by atoms with E-state index in [0.717, 1.165) is 0 Å². The zero-order chi connectivity index (χ0) is 10.2. The van der Waals surface area contributed by atoms with Crippen LogP contribution in [0.3, 0.4) is 0 Å². The average Bonchev–Trinajstić information content (AvgIpc) is 2.89. The molecule has 1 nitrogen and oxygen atoms in total. The van der Waals surface area contributed by atoms with E-state index in [-0.39, 0.29) is 5.82 Å². The van der Waals surface area contributed by atoms with Crippen LogP contribution in [0.2, 0.25) is 0 Å². The second-order valence-corrected chi connectivity index (χ2v) is 4.50. The van der Waals surface area contributed by atoms with Crippen molar-refractivity contribution >= 4 is 5.69 Å². The third-order valence-electron chi connectivity index (χ3n) is 3.33. The molecule has 1 aromatic rings. The Labute approximate surface area is 84.3 Å². The van der Waals surface area contributed by atoms with Crippen LogP contribution in [0.5, 0.6) is 0 Å². The topological polar surface area (TPSA) is 12.0 Å². The molecule has 1 aliphatic carbocycles. The van der Waals surface area contributed by atoms with Crippen LogP contribution in [-0.2, 0) is 0 Å². The number of nitrogens with one attached hydrogen (secondary N) is 1. The molecule has 1 saturated carbocycles. The third-order valence-corrected chi connectivity index (χ3v) is 3.33. The average molecular weight is 193 g/mol. The first-order chi connectivity index (χ1) is 6.62. The van der Waals surface area contributed by atoms with Crippen molar-refractivity contribution in [3.63, 3.8) is 0 Å². The largest absolute Gasteiger partial charge is 0.380 e. The number of hydrogen-bond acceptors (Lipinski definition) is 1. The maximum Gasteiger partial charge on any atom is 0.146 e. The minimum absolute atomic E-state index is 0.163. The predicted molar refractivity (Wildman–Crippen MR) is 56.8 cm³/mol. The normalized spacial score (nSPS) is 20.2. The van der Waals surface area contributed by atoms with Gasteiger partial charge in [0.1, 0.15) is 5.82 Å². The third kappa shape index (κ3) is 1.74. The van der Waals surface area contributed by atoms with E-state index in [2.05, 4.69) is 19.2 Å². The van der Waals surface area contributed by atoms with Gasteiger partial charge in [0.05, 0.1) is 5.69 Å². The minimum Gasteiger partial charge on any atom is -0.380 e. The van der Waals surface area contributed by atoms with E-state index in [1.165, 1.54) is 18.9 Å². The van der Waals surface area contributed by atoms with Crippen LogP contribution < -0.4 is 5.32 Å². The van der Waals surface area contributed by atoms with Crippen molar-refractivity contribution in [3.8, 4) is 0 Å². The molecule has 0 spiro atoms. The highest BCUT2D eigenvalue weighted by Crippen LogP contribution is 2.48. The molecule has 0 radical (unpaired) electrons. The summed E-state index contributed by atoms with van der Waals surface area (Å²) in [7, 11) is 0. The molecule has 1 fully saturated rings. The molecule has 14 heavy (non-hydrogen) atoms. The Kier molecular flexibility index (Phi) is 2.22. The molecule has 2 heteroatoms. The van der Waals surface area contributed by atoms with Gasteiger partial charge < -0.3 is 5.32 Å². The Morgan fingerprint density at radius 3 is 2.57 bits per heavy atom. The Morgan fingerprint density at radius 1 is 1.36 bits per heavy atom. The molecule has 1 aromatic carbocycles. The molecule has 0 aliphatic heterocycles. The zero-order valence-electron chi connectivity index (χ0n) is 8.68. The molecule has 0 amide bonds. The second-order valence-electron chi connectivity index (χ2n) is 4.50. The van der Waals surface area contributed by atoms with Gasteiger partial charge in [-0.25, -0.2) is 4.39 Å². The number of anilines is 1. The highest BCUT2D eigenvalue weighted by molar-refractivity contribution is 5.45. The maximum atomic E-state index is 13.3. The van der Waals surface area contributed by atoms with Gasteiger partial charge in [-0.15, -0.1) is 0 Å². The van der Waals surface area contributed by atoms with Crippen molar-refractivity contribution < 1.29 is 4.39 Å². The highest BCUT2D eigenvalue weighted by atomic mass is 19.1. The van der Waals surface area contributed by atoms with Crippen LogP contribution in [0.25, 0.3) is 0 Å². The summed E-state index contributed by atoms with van der Waals surface area (Å²) < 4.78 is 13.3. The minimum atomic E-state index is -0.163. The molecule has 2 rings (SSSR count). The second kappa shape index (κ2) is 3.26. The van der Waals surface area contributed by atoms with Gasteiger partial charge in [-0.05, 0) is 37.3 Å². The lowest BCUT2D eigenvalue weighted by Gasteiger charge is -2.21. The Hall–Kier alpha value is -1.05. The summed E-state index contributed by atoms with van der Waals surface area (Å²) in [6.45, 7) is 4.37. The van der Waals surface area contributed by atoms with Crippen molar-refractivity contribution in [1.82, 2.24) is 0 Å². The number of hydrogen-bond donors (Lipinski definition) is 1. The molecular formula is C12H16FN. The lowest BCUT2D eigenvalue weighted by atomic mass is 10.0. The van der Waals surface area contributed by atoms with E-state index >= 15 is 0 Å². The van der Waals surface area contributed by atoms with E-state index in [1.54, 1.807) is 12.1 Å². The summed E-state index contributed by atoms with van der Waals surface area (Å²) in [5.41, 5.74) is 0.996. The van der Waals surface area contributed by atoms with Gasteiger partial charge in [0.2, 0.25) is 0 Å². The highest BCUT2D eigenvalue weighted by Gasteiger charge is 2.42. The van der Waals surface area contributed by atoms with Crippen molar-refractivity contribution in [2.24, 2.45) is 5.41 Å². The number of para-hydroxylation sites is 1. The predicted octanol–water partition coefficient (Wildman–Crippen LogP) is 3.43. The van der Waals surface area contributed by atoms with Gasteiger partial charge in [0.25, 0.3) is 0 Å². The first kappa shape index (κ1) is 9.50. The fourth-order valence-electron chi connectivity index (χ4n) is 1.62. The molecule has 76 valence electrons. The van der Waals surface area contributed by atoms with Crippen molar-refractivity contribution in [1.29, 1.82) is 0 Å². The molecule has 1 atom stereocenters. The Balaban J connectivity index is 2.07. The van der Waals surface area contributed by atoms with Crippen molar-refractivity contribution in [2.45, 2.75) is 32.7 Å². The zero-order valence-corrected chi connectivity index (χ0v) is 8.68. The smallest absolute Gasteiger partial charge is 0.146 e. The summed E-state index contributed by atoms with van der Waals surface area (Å²) in [5, 5.41) is 3.24. The SMILES string of the molecule is CC(Nc1ccccc1F)C1(C)CC1. The summed E-state index contributed by atoms with van der Waals surface area (Å²) in [6.07, 6.45) is 2.49. The molecule has 0 saturated heterocycles. The van der Waals surface area contributed by atoms with Crippen LogP contribution in [0, 0.1) is 11.2 Å². The van der Waals surface area contributed by atoms with Crippen molar-refractivity contribution in [3.05, 3.63) is 30.1 Å². The first-order valence-corrected chi connectivity index (χ1v) is 5.13. The summed E-state index contributed by atoms with van der Waals surface area (Å²) in [6, 6.07) is 7.19. The lowest BCUT2D eigenvalue weighted by Crippen LogP contribution is -2.25. The van der Waals surface area contributed by atoms with Crippen molar-refractivity contribution in [2.75, 3.05) is 5.32 Å². The fraction of sp³-hybridized carbons (Fsp3) is 0.500. The molecule has 1 unspecified atom stereocenters. The van der Waals surface area contributed by atoms with Crippen LogP contribution in [0.4, 0.5) is 10.1 Å². The Bertz CT molecular complexity index is 331. The van der Waals surface area contributed by atoms with Gasteiger partial charge in [0, 0.05) is 6.04 Å². The first-order valence-electron chi connectivity index (χ1n) is 5.13. The maximum absolute atomic E-state index is 13.3.